The summed E-state index contributed by atoms with van der Waals surface area (Å²) in [5.74, 6) is -0.0846. The zero-order valence-corrected chi connectivity index (χ0v) is 15.8. The van der Waals surface area contributed by atoms with Gasteiger partial charge < -0.3 is 5.32 Å². The molecule has 3 aromatic rings. The maximum atomic E-state index is 12.5. The zero-order chi connectivity index (χ0) is 18.5. The Bertz CT molecular complexity index is 891. The summed E-state index contributed by atoms with van der Waals surface area (Å²) in [6.45, 7) is 5.95. The molecule has 0 saturated carbocycles. The number of tetrazole rings is 1. The van der Waals surface area contributed by atoms with Crippen molar-refractivity contribution >= 4 is 23.4 Å². The van der Waals surface area contributed by atoms with Crippen molar-refractivity contribution in [3.05, 3.63) is 59.7 Å². The van der Waals surface area contributed by atoms with Crippen LogP contribution in [0.4, 0.5) is 5.69 Å². The first-order valence-electron chi connectivity index (χ1n) is 8.49. The molecule has 0 aliphatic heterocycles. The van der Waals surface area contributed by atoms with Crippen molar-refractivity contribution in [1.29, 1.82) is 0 Å². The van der Waals surface area contributed by atoms with Gasteiger partial charge in [0.05, 0.1) is 10.9 Å². The number of thioether (sulfide) groups is 1. The summed E-state index contributed by atoms with van der Waals surface area (Å²) in [5.41, 5.74) is 4.00. The molecule has 0 aliphatic carbocycles. The minimum Gasteiger partial charge on any atom is -0.325 e. The first-order valence-corrected chi connectivity index (χ1v) is 9.37. The zero-order valence-electron chi connectivity index (χ0n) is 15.0. The average molecular weight is 367 g/mol. The predicted molar refractivity (Wildman–Crippen MR) is 104 cm³/mol. The van der Waals surface area contributed by atoms with E-state index in [1.807, 2.05) is 62.4 Å². The highest BCUT2D eigenvalue weighted by molar-refractivity contribution is 8.00. The number of nitrogens with one attached hydrogen (secondary N) is 1. The molecule has 0 saturated heterocycles. The number of hydrogen-bond acceptors (Lipinski definition) is 5. The SMILES string of the molecule is CCc1ccc(NC(=O)C(C)Sc2nnnn2-c2ccccc2C)cc1. The number of para-hydroxylation sites is 1. The molecule has 1 aromatic heterocycles. The molecule has 1 atom stereocenters. The average Bonchev–Trinajstić information content (AvgIpc) is 3.10. The van der Waals surface area contributed by atoms with E-state index < -0.39 is 0 Å². The third-order valence-electron chi connectivity index (χ3n) is 4.07. The smallest absolute Gasteiger partial charge is 0.237 e. The Labute approximate surface area is 157 Å². The van der Waals surface area contributed by atoms with E-state index in [-0.39, 0.29) is 11.2 Å². The number of amides is 1. The van der Waals surface area contributed by atoms with E-state index >= 15 is 0 Å². The Hall–Kier alpha value is -2.67. The molecule has 7 heteroatoms. The molecule has 1 unspecified atom stereocenters. The van der Waals surface area contributed by atoms with E-state index in [4.69, 9.17) is 0 Å². The van der Waals surface area contributed by atoms with Crippen LogP contribution in [0.1, 0.15) is 25.0 Å². The molecular weight excluding hydrogens is 346 g/mol. The second-order valence-electron chi connectivity index (χ2n) is 5.96. The Morgan fingerprint density at radius 2 is 1.92 bits per heavy atom. The Morgan fingerprint density at radius 1 is 1.19 bits per heavy atom. The van der Waals surface area contributed by atoms with E-state index in [0.29, 0.717) is 5.16 Å². The summed E-state index contributed by atoms with van der Waals surface area (Å²) >= 11 is 1.33. The molecule has 26 heavy (non-hydrogen) atoms. The van der Waals surface area contributed by atoms with Crippen LogP contribution < -0.4 is 5.32 Å². The summed E-state index contributed by atoms with van der Waals surface area (Å²) in [7, 11) is 0. The Kier molecular flexibility index (Phi) is 5.68. The highest BCUT2D eigenvalue weighted by atomic mass is 32.2. The number of aryl methyl sites for hydroxylation is 2. The molecule has 6 nitrogen and oxygen atoms in total. The van der Waals surface area contributed by atoms with Gasteiger partial charge in [0.25, 0.3) is 0 Å². The van der Waals surface area contributed by atoms with Gasteiger partial charge in [-0.3, -0.25) is 4.79 Å². The fourth-order valence-corrected chi connectivity index (χ4v) is 3.28. The lowest BCUT2D eigenvalue weighted by atomic mass is 10.1. The normalized spacial score (nSPS) is 12.0. The monoisotopic (exact) mass is 367 g/mol. The van der Waals surface area contributed by atoms with Gasteiger partial charge >= 0.3 is 0 Å². The molecule has 0 aliphatic rings. The summed E-state index contributed by atoms with van der Waals surface area (Å²) in [5, 5.41) is 15.1. The number of hydrogen-bond donors (Lipinski definition) is 1. The van der Waals surface area contributed by atoms with Crippen LogP contribution in [0.3, 0.4) is 0 Å². The second-order valence-corrected chi connectivity index (χ2v) is 7.27. The summed E-state index contributed by atoms with van der Waals surface area (Å²) < 4.78 is 1.67. The van der Waals surface area contributed by atoms with E-state index in [2.05, 4.69) is 27.8 Å². The molecule has 134 valence electrons. The Morgan fingerprint density at radius 3 is 2.62 bits per heavy atom. The van der Waals surface area contributed by atoms with Crippen molar-refractivity contribution in [2.75, 3.05) is 5.32 Å². The molecule has 0 radical (unpaired) electrons. The van der Waals surface area contributed by atoms with Crippen LogP contribution in [0.5, 0.6) is 0 Å². The lowest BCUT2D eigenvalue weighted by Gasteiger charge is -2.12. The number of nitrogens with zero attached hydrogens (tertiary/aromatic N) is 4. The molecule has 1 N–H and O–H groups in total. The van der Waals surface area contributed by atoms with Crippen molar-refractivity contribution in [2.45, 2.75) is 37.6 Å². The Balaban J connectivity index is 1.70. The van der Waals surface area contributed by atoms with E-state index in [0.717, 1.165) is 23.4 Å². The minimum absolute atomic E-state index is 0.0846. The van der Waals surface area contributed by atoms with E-state index in [1.165, 1.54) is 17.3 Å². The minimum atomic E-state index is -0.338. The number of carbonyl (C=O) groups is 1. The molecule has 1 amide bonds. The van der Waals surface area contributed by atoms with Gasteiger partial charge in [0, 0.05) is 5.69 Å². The van der Waals surface area contributed by atoms with Gasteiger partial charge in [0.15, 0.2) is 0 Å². The van der Waals surface area contributed by atoms with Crippen molar-refractivity contribution in [3.63, 3.8) is 0 Å². The lowest BCUT2D eigenvalue weighted by Crippen LogP contribution is -2.23. The van der Waals surface area contributed by atoms with Gasteiger partial charge in [-0.1, -0.05) is 49.0 Å². The number of rotatable bonds is 6. The maximum Gasteiger partial charge on any atom is 0.237 e. The van der Waals surface area contributed by atoms with Gasteiger partial charge in [-0.2, -0.15) is 4.68 Å². The first kappa shape index (κ1) is 18.1. The highest BCUT2D eigenvalue weighted by Crippen LogP contribution is 2.25. The first-order chi connectivity index (χ1) is 12.6. The third kappa shape index (κ3) is 4.11. The summed E-state index contributed by atoms with van der Waals surface area (Å²) in [6, 6.07) is 15.7. The molecule has 0 spiro atoms. The van der Waals surface area contributed by atoms with Gasteiger partial charge in [0.2, 0.25) is 11.1 Å². The van der Waals surface area contributed by atoms with Crippen molar-refractivity contribution < 1.29 is 4.79 Å². The second kappa shape index (κ2) is 8.14. The predicted octanol–water partition coefficient (Wildman–Crippen LogP) is 3.65. The number of carbonyl (C=O) groups excluding carboxylic acids is 1. The summed E-state index contributed by atoms with van der Waals surface area (Å²) in [4.78, 5) is 12.5. The van der Waals surface area contributed by atoms with E-state index in [1.54, 1.807) is 4.68 Å². The molecule has 1 heterocycles. The standard InChI is InChI=1S/C19H21N5OS/c1-4-15-9-11-16(12-10-15)20-18(25)14(3)26-19-21-22-23-24(19)17-8-6-5-7-13(17)2/h5-12,14H,4H2,1-3H3,(H,20,25). The largest absolute Gasteiger partial charge is 0.325 e. The summed E-state index contributed by atoms with van der Waals surface area (Å²) in [6.07, 6.45) is 0.974. The topological polar surface area (TPSA) is 72.7 Å². The van der Waals surface area contributed by atoms with Gasteiger partial charge in [-0.25, -0.2) is 0 Å². The van der Waals surface area contributed by atoms with Crippen LogP contribution in [0.2, 0.25) is 0 Å². The van der Waals surface area contributed by atoms with Crippen LogP contribution in [-0.4, -0.2) is 31.4 Å². The number of anilines is 1. The number of aromatic nitrogens is 4. The van der Waals surface area contributed by atoms with Crippen LogP contribution >= 0.6 is 11.8 Å². The van der Waals surface area contributed by atoms with Crippen LogP contribution in [0.25, 0.3) is 5.69 Å². The fourth-order valence-electron chi connectivity index (χ4n) is 2.48. The van der Waals surface area contributed by atoms with Crippen molar-refractivity contribution in [1.82, 2.24) is 20.2 Å². The van der Waals surface area contributed by atoms with E-state index in [9.17, 15) is 4.79 Å². The van der Waals surface area contributed by atoms with Gasteiger partial charge in [0.1, 0.15) is 0 Å². The molecule has 3 rings (SSSR count). The molecule has 0 fully saturated rings. The van der Waals surface area contributed by atoms with Crippen LogP contribution in [0, 0.1) is 6.92 Å². The van der Waals surface area contributed by atoms with Crippen molar-refractivity contribution in [3.8, 4) is 5.69 Å². The molecular formula is C19H21N5OS. The fraction of sp³-hybridized carbons (Fsp3) is 0.263. The number of benzene rings is 2. The van der Waals surface area contributed by atoms with Gasteiger partial charge in [-0.05, 0) is 60.0 Å². The van der Waals surface area contributed by atoms with Gasteiger partial charge in [-0.15, -0.1) is 5.10 Å². The quantitative estimate of drug-likeness (QED) is 0.673. The third-order valence-corrected chi connectivity index (χ3v) is 5.10. The van der Waals surface area contributed by atoms with Crippen LogP contribution in [0.15, 0.2) is 53.7 Å². The van der Waals surface area contributed by atoms with Crippen molar-refractivity contribution in [2.24, 2.45) is 0 Å². The maximum absolute atomic E-state index is 12.5. The molecule has 2 aromatic carbocycles. The lowest BCUT2D eigenvalue weighted by molar-refractivity contribution is -0.115. The molecule has 0 bridgehead atoms. The van der Waals surface area contributed by atoms with Crippen LogP contribution in [-0.2, 0) is 11.2 Å². The highest BCUT2D eigenvalue weighted by Gasteiger charge is 2.20.